The van der Waals surface area contributed by atoms with Crippen molar-refractivity contribution in [1.29, 1.82) is 0 Å². The summed E-state index contributed by atoms with van der Waals surface area (Å²) in [4.78, 5) is 15.4. The van der Waals surface area contributed by atoms with Gasteiger partial charge in [0.1, 0.15) is 0 Å². The van der Waals surface area contributed by atoms with Gasteiger partial charge < -0.3 is 5.32 Å². The third kappa shape index (κ3) is 9.38. The molecule has 1 aliphatic heterocycles. The van der Waals surface area contributed by atoms with Crippen LogP contribution in [0.4, 0.5) is 0 Å². The summed E-state index contributed by atoms with van der Waals surface area (Å²) >= 11 is 1.45. The number of carbonyl (C=O) groups excluding carboxylic acids is 1. The van der Waals surface area contributed by atoms with E-state index < -0.39 is 0 Å². The highest BCUT2D eigenvalue weighted by atomic mass is 32.2. The van der Waals surface area contributed by atoms with E-state index in [0.29, 0.717) is 11.1 Å². The molecule has 0 aromatic carbocycles. The lowest BCUT2D eigenvalue weighted by Crippen LogP contribution is -2.27. The number of thioether (sulfide) groups is 1. The van der Waals surface area contributed by atoms with E-state index in [1.165, 1.54) is 30.5 Å². The van der Waals surface area contributed by atoms with Gasteiger partial charge in [-0.2, -0.15) is 0 Å². The summed E-state index contributed by atoms with van der Waals surface area (Å²) in [6.45, 7) is 12.3. The first-order valence-electron chi connectivity index (χ1n) is 6.73. The van der Waals surface area contributed by atoms with Gasteiger partial charge >= 0.3 is 0 Å². The quantitative estimate of drug-likeness (QED) is 0.782. The molecule has 1 N–H and O–H groups in total. The molecule has 1 rings (SSSR count). The highest BCUT2D eigenvalue weighted by molar-refractivity contribution is 8.15. The molecule has 0 spiro atoms. The molecule has 1 fully saturated rings. The van der Waals surface area contributed by atoms with Crippen LogP contribution in [0.1, 0.15) is 48.0 Å². The van der Waals surface area contributed by atoms with Crippen LogP contribution < -0.4 is 5.32 Å². The van der Waals surface area contributed by atoms with Gasteiger partial charge in [0, 0.05) is 12.3 Å². The number of allylic oxidation sites excluding steroid dienone is 1. The second kappa shape index (κ2) is 13.2. The van der Waals surface area contributed by atoms with Gasteiger partial charge in [0.05, 0.1) is 5.25 Å². The van der Waals surface area contributed by atoms with Crippen LogP contribution in [-0.2, 0) is 4.79 Å². The Kier molecular flexibility index (Phi) is 14.0. The lowest BCUT2D eigenvalue weighted by Gasteiger charge is -2.07. The molecule has 0 radical (unpaired) electrons. The Balaban J connectivity index is 0. The Labute approximate surface area is 122 Å². The minimum absolute atomic E-state index is 0.0258. The molecule has 0 aromatic rings. The Morgan fingerprint density at radius 2 is 2.00 bits per heavy atom. The number of rotatable bonds is 2. The number of hydrogen-bond donors (Lipinski definition) is 1. The van der Waals surface area contributed by atoms with Gasteiger partial charge in [0.25, 0.3) is 0 Å². The number of terminal acetylenes is 1. The normalized spacial score (nSPS) is 19.4. The van der Waals surface area contributed by atoms with Gasteiger partial charge in [-0.3, -0.25) is 4.79 Å². The zero-order chi connectivity index (χ0) is 15.3. The smallest absolute Gasteiger partial charge is 0.239 e. The van der Waals surface area contributed by atoms with Crippen LogP contribution in [0.3, 0.4) is 0 Å². The third-order valence-corrected chi connectivity index (χ3v) is 3.14. The summed E-state index contributed by atoms with van der Waals surface area (Å²) in [5, 5.41) is 3.29. The first-order valence-corrected chi connectivity index (χ1v) is 7.61. The van der Waals surface area contributed by atoms with Crippen molar-refractivity contribution < 1.29 is 4.79 Å². The van der Waals surface area contributed by atoms with Crippen molar-refractivity contribution >= 4 is 22.8 Å². The molecule has 0 aromatic heterocycles. The van der Waals surface area contributed by atoms with Crippen molar-refractivity contribution in [3.05, 3.63) is 12.3 Å². The average molecular weight is 282 g/mol. The number of nitrogens with zero attached hydrogens (tertiary/aromatic N) is 1. The highest BCUT2D eigenvalue weighted by Gasteiger charge is 2.32. The highest BCUT2D eigenvalue weighted by Crippen LogP contribution is 2.25. The molecule has 3 nitrogen and oxygen atoms in total. The molecule has 108 valence electrons. The van der Waals surface area contributed by atoms with Crippen LogP contribution in [0.5, 0.6) is 0 Å². The van der Waals surface area contributed by atoms with Crippen molar-refractivity contribution in [1.82, 2.24) is 5.32 Å². The second-order valence-electron chi connectivity index (χ2n) is 3.90. The van der Waals surface area contributed by atoms with Crippen molar-refractivity contribution in [2.24, 2.45) is 10.9 Å². The summed E-state index contributed by atoms with van der Waals surface area (Å²) in [6, 6.07) is 0. The molecule has 1 aliphatic rings. The zero-order valence-corrected chi connectivity index (χ0v) is 13.7. The fourth-order valence-corrected chi connectivity index (χ4v) is 1.99. The second-order valence-corrected chi connectivity index (χ2v) is 5.03. The first kappa shape index (κ1) is 20.1. The first-order chi connectivity index (χ1) is 9.06. The predicted molar refractivity (Wildman–Crippen MR) is 87.1 cm³/mol. The van der Waals surface area contributed by atoms with Crippen LogP contribution in [-0.4, -0.2) is 16.3 Å². The van der Waals surface area contributed by atoms with Gasteiger partial charge in [0.2, 0.25) is 5.91 Å². The molecule has 1 saturated heterocycles. The maximum atomic E-state index is 11.4. The molecule has 4 heteroatoms. The fourth-order valence-electron chi connectivity index (χ4n) is 1.03. The maximum Gasteiger partial charge on any atom is 0.239 e. The molecule has 19 heavy (non-hydrogen) atoms. The molecule has 1 unspecified atom stereocenters. The van der Waals surface area contributed by atoms with Gasteiger partial charge in [-0.25, -0.2) is 4.99 Å². The topological polar surface area (TPSA) is 41.5 Å². The molecular formula is C15H26N2OS. The monoisotopic (exact) mass is 282 g/mol. The minimum atomic E-state index is -0.0343. The van der Waals surface area contributed by atoms with Crippen LogP contribution in [0.15, 0.2) is 17.3 Å². The van der Waals surface area contributed by atoms with E-state index in [2.05, 4.69) is 30.1 Å². The summed E-state index contributed by atoms with van der Waals surface area (Å²) in [5.74, 6) is 2.66. The van der Waals surface area contributed by atoms with E-state index >= 15 is 0 Å². The van der Waals surface area contributed by atoms with E-state index in [1.54, 1.807) is 0 Å². The molecule has 0 bridgehead atoms. The summed E-state index contributed by atoms with van der Waals surface area (Å²) in [7, 11) is 0. The lowest BCUT2D eigenvalue weighted by atomic mass is 10.1. The van der Waals surface area contributed by atoms with Crippen molar-refractivity contribution in [3.8, 4) is 12.3 Å². The largest absolute Gasteiger partial charge is 0.304 e. The van der Waals surface area contributed by atoms with Gasteiger partial charge in [-0.05, 0) is 5.92 Å². The maximum absolute atomic E-state index is 11.4. The number of carbonyl (C=O) groups is 1. The molecule has 0 aliphatic carbocycles. The van der Waals surface area contributed by atoms with Gasteiger partial charge in [0.15, 0.2) is 5.17 Å². The molecule has 0 saturated carbocycles. The molecule has 1 atom stereocenters. The predicted octanol–water partition coefficient (Wildman–Crippen LogP) is 3.82. The molecule has 1 heterocycles. The summed E-state index contributed by atoms with van der Waals surface area (Å²) < 4.78 is 0. The van der Waals surface area contributed by atoms with Crippen LogP contribution in [0.25, 0.3) is 0 Å². The summed E-state index contributed by atoms with van der Waals surface area (Å²) in [5.41, 5.74) is 0. The average Bonchev–Trinajstić information content (AvgIpc) is 2.75. The SMILES string of the molecule is C#C/C=C\N=C1NC(=O)C(C(C)C)S1.CC.CCC. The third-order valence-electron chi connectivity index (χ3n) is 1.70. The van der Waals surface area contributed by atoms with Crippen molar-refractivity contribution in [2.75, 3.05) is 0 Å². The Hall–Kier alpha value is -1.21. The van der Waals surface area contributed by atoms with Crippen molar-refractivity contribution in [2.45, 2.75) is 53.2 Å². The van der Waals surface area contributed by atoms with Crippen LogP contribution in [0, 0.1) is 18.3 Å². The Bertz CT molecular complexity index is 341. The standard InChI is InChI=1S/C10H12N2OS.C3H8.C2H6/c1-4-5-6-11-10-12-9(13)8(14-10)7(2)3;1-3-2;1-2/h1,5-8H,2-3H3,(H,11,12,13);3H2,1-2H3;1-2H3/b6-5-;;. The van der Waals surface area contributed by atoms with Gasteiger partial charge in [-0.15, -0.1) is 6.42 Å². The lowest BCUT2D eigenvalue weighted by molar-refractivity contribution is -0.119. The van der Waals surface area contributed by atoms with Crippen LogP contribution >= 0.6 is 11.8 Å². The molecule has 1 amide bonds. The minimum Gasteiger partial charge on any atom is -0.304 e. The zero-order valence-electron chi connectivity index (χ0n) is 12.9. The van der Waals surface area contributed by atoms with E-state index in [4.69, 9.17) is 6.42 Å². The molecular weight excluding hydrogens is 256 g/mol. The number of nitrogens with one attached hydrogen (secondary N) is 1. The number of hydrogen-bond acceptors (Lipinski definition) is 3. The number of aliphatic imine (C=N–C) groups is 1. The van der Waals surface area contributed by atoms with E-state index in [0.717, 1.165) is 0 Å². The summed E-state index contributed by atoms with van der Waals surface area (Å²) in [6.07, 6.45) is 9.26. The van der Waals surface area contributed by atoms with Crippen molar-refractivity contribution in [3.63, 3.8) is 0 Å². The number of amidine groups is 1. The van der Waals surface area contributed by atoms with E-state index in [-0.39, 0.29) is 11.2 Å². The Morgan fingerprint density at radius 1 is 1.47 bits per heavy atom. The Morgan fingerprint density at radius 3 is 2.37 bits per heavy atom. The van der Waals surface area contributed by atoms with E-state index in [9.17, 15) is 4.79 Å². The van der Waals surface area contributed by atoms with E-state index in [1.807, 2.05) is 27.7 Å². The van der Waals surface area contributed by atoms with Gasteiger partial charge in [-0.1, -0.05) is 65.6 Å². The fraction of sp³-hybridized carbons (Fsp3) is 0.600. The number of amides is 1. The van der Waals surface area contributed by atoms with Crippen LogP contribution in [0.2, 0.25) is 0 Å².